The Hall–Kier alpha value is -1.07. The van der Waals surface area contributed by atoms with Crippen LogP contribution in [0.25, 0.3) is 0 Å². The Kier molecular flexibility index (Phi) is 5.27. The number of benzene rings is 1. The predicted molar refractivity (Wildman–Crippen MR) is 83.0 cm³/mol. The number of amides is 1. The van der Waals surface area contributed by atoms with Gasteiger partial charge < -0.3 is 5.32 Å². The molecular weight excluding hydrogens is 310 g/mol. The van der Waals surface area contributed by atoms with Crippen LogP contribution in [0, 0.1) is 5.92 Å². The number of carbonyl (C=O) groups is 1. The Labute approximate surface area is 130 Å². The molecule has 1 amide bonds. The van der Waals surface area contributed by atoms with E-state index in [0.29, 0.717) is 0 Å². The van der Waals surface area contributed by atoms with Crippen LogP contribution in [0.2, 0.25) is 0 Å². The Morgan fingerprint density at radius 2 is 1.86 bits per heavy atom. The molecule has 1 aromatic rings. The van der Waals surface area contributed by atoms with Gasteiger partial charge >= 0.3 is 0 Å². The van der Waals surface area contributed by atoms with Crippen LogP contribution in [0.15, 0.2) is 29.2 Å². The van der Waals surface area contributed by atoms with Crippen molar-refractivity contribution in [1.29, 1.82) is 0 Å². The van der Waals surface area contributed by atoms with E-state index in [4.69, 9.17) is 10.7 Å². The second kappa shape index (κ2) is 6.79. The van der Waals surface area contributed by atoms with Crippen molar-refractivity contribution in [3.63, 3.8) is 0 Å². The Balaban J connectivity index is 2.08. The summed E-state index contributed by atoms with van der Waals surface area (Å²) in [6.45, 7) is 2.19. The van der Waals surface area contributed by atoms with Gasteiger partial charge in [0.25, 0.3) is 15.0 Å². The van der Waals surface area contributed by atoms with Gasteiger partial charge in [0, 0.05) is 16.7 Å². The highest BCUT2D eigenvalue weighted by atomic mass is 35.7. The molecule has 4 nitrogen and oxygen atoms in total. The topological polar surface area (TPSA) is 63.2 Å². The van der Waals surface area contributed by atoms with Crippen molar-refractivity contribution in [2.75, 3.05) is 0 Å². The van der Waals surface area contributed by atoms with Gasteiger partial charge in [0.15, 0.2) is 0 Å². The molecule has 0 unspecified atom stereocenters. The zero-order valence-corrected chi connectivity index (χ0v) is 13.6. The van der Waals surface area contributed by atoms with Crippen LogP contribution in [0.4, 0.5) is 0 Å². The average molecular weight is 330 g/mol. The molecule has 2 rings (SSSR count). The Morgan fingerprint density at radius 3 is 2.43 bits per heavy atom. The smallest absolute Gasteiger partial charge is 0.262 e. The summed E-state index contributed by atoms with van der Waals surface area (Å²) in [4.78, 5) is 12.2. The monoisotopic (exact) mass is 329 g/mol. The van der Waals surface area contributed by atoms with E-state index in [9.17, 15) is 13.2 Å². The summed E-state index contributed by atoms with van der Waals surface area (Å²) in [5.74, 6) is 0.378. The molecule has 0 aromatic heterocycles. The van der Waals surface area contributed by atoms with E-state index in [1.807, 2.05) is 0 Å². The molecule has 0 radical (unpaired) electrons. The summed E-state index contributed by atoms with van der Waals surface area (Å²) in [6, 6.07) is 6.15. The molecule has 1 fully saturated rings. The first-order valence-electron chi connectivity index (χ1n) is 7.26. The number of hydrogen-bond acceptors (Lipinski definition) is 3. The maximum absolute atomic E-state index is 12.3. The minimum Gasteiger partial charge on any atom is -0.349 e. The molecule has 6 heteroatoms. The molecule has 0 saturated heterocycles. The lowest BCUT2D eigenvalue weighted by Gasteiger charge is -2.28. The molecule has 1 aliphatic carbocycles. The summed E-state index contributed by atoms with van der Waals surface area (Å²) in [6.07, 6.45) is 5.28. The van der Waals surface area contributed by atoms with Gasteiger partial charge in [-0.15, -0.1) is 0 Å². The molecule has 1 N–H and O–H groups in total. The van der Waals surface area contributed by atoms with Gasteiger partial charge in [-0.25, -0.2) is 8.42 Å². The SMILES string of the molecule is CCC1CCC(NC(=O)c2ccccc2S(=O)(=O)Cl)CC1. The average Bonchev–Trinajstić information content (AvgIpc) is 2.47. The summed E-state index contributed by atoms with van der Waals surface area (Å²) < 4.78 is 23.0. The number of carbonyl (C=O) groups excluding carboxylic acids is 1. The van der Waals surface area contributed by atoms with Gasteiger partial charge in [-0.2, -0.15) is 0 Å². The molecule has 0 atom stereocenters. The van der Waals surface area contributed by atoms with Gasteiger partial charge in [0.1, 0.15) is 0 Å². The van der Waals surface area contributed by atoms with Crippen LogP contribution in [-0.2, 0) is 9.05 Å². The third kappa shape index (κ3) is 4.20. The predicted octanol–water partition coefficient (Wildman–Crippen LogP) is 3.31. The van der Waals surface area contributed by atoms with Crippen LogP contribution >= 0.6 is 10.7 Å². The number of rotatable bonds is 4. The molecule has 1 saturated carbocycles. The van der Waals surface area contributed by atoms with E-state index in [-0.39, 0.29) is 22.4 Å². The number of nitrogens with one attached hydrogen (secondary N) is 1. The van der Waals surface area contributed by atoms with Crippen LogP contribution in [0.1, 0.15) is 49.4 Å². The van der Waals surface area contributed by atoms with Crippen molar-refractivity contribution >= 4 is 25.6 Å². The van der Waals surface area contributed by atoms with Crippen LogP contribution in [-0.4, -0.2) is 20.4 Å². The summed E-state index contributed by atoms with van der Waals surface area (Å²) >= 11 is 0. The minimum absolute atomic E-state index is 0.116. The van der Waals surface area contributed by atoms with Crippen LogP contribution in [0.3, 0.4) is 0 Å². The lowest BCUT2D eigenvalue weighted by atomic mass is 9.84. The highest BCUT2D eigenvalue weighted by molar-refractivity contribution is 8.13. The second-order valence-corrected chi connectivity index (χ2v) is 8.07. The molecule has 0 aliphatic heterocycles. The fourth-order valence-electron chi connectivity index (χ4n) is 2.85. The normalized spacial score (nSPS) is 22.8. The van der Waals surface area contributed by atoms with E-state index >= 15 is 0 Å². The van der Waals surface area contributed by atoms with Crippen molar-refractivity contribution in [2.45, 2.75) is 50.0 Å². The third-order valence-electron chi connectivity index (χ3n) is 4.15. The van der Waals surface area contributed by atoms with Crippen molar-refractivity contribution in [2.24, 2.45) is 5.92 Å². The van der Waals surface area contributed by atoms with Crippen molar-refractivity contribution in [3.05, 3.63) is 29.8 Å². The molecule has 0 heterocycles. The van der Waals surface area contributed by atoms with Crippen LogP contribution < -0.4 is 5.32 Å². The molecule has 1 aliphatic rings. The van der Waals surface area contributed by atoms with Gasteiger partial charge in [-0.1, -0.05) is 25.5 Å². The van der Waals surface area contributed by atoms with E-state index < -0.39 is 9.05 Å². The summed E-state index contributed by atoms with van der Waals surface area (Å²) in [7, 11) is 1.46. The molecular formula is C15H20ClNO3S. The fraction of sp³-hybridized carbons (Fsp3) is 0.533. The second-order valence-electron chi connectivity index (χ2n) is 5.53. The van der Waals surface area contributed by atoms with Crippen molar-refractivity contribution in [1.82, 2.24) is 5.32 Å². The molecule has 0 spiro atoms. The maximum atomic E-state index is 12.3. The van der Waals surface area contributed by atoms with Gasteiger partial charge in [-0.05, 0) is 43.7 Å². The largest absolute Gasteiger partial charge is 0.349 e. The first-order valence-corrected chi connectivity index (χ1v) is 9.57. The van der Waals surface area contributed by atoms with E-state index in [0.717, 1.165) is 31.6 Å². The summed E-state index contributed by atoms with van der Waals surface area (Å²) in [5, 5.41) is 2.93. The van der Waals surface area contributed by atoms with Gasteiger partial charge in [0.2, 0.25) is 0 Å². The first-order chi connectivity index (χ1) is 9.91. The molecule has 1 aromatic carbocycles. The first kappa shape index (κ1) is 16.3. The Bertz CT molecular complexity index is 607. The molecule has 0 bridgehead atoms. The molecule has 21 heavy (non-hydrogen) atoms. The highest BCUT2D eigenvalue weighted by Crippen LogP contribution is 2.27. The highest BCUT2D eigenvalue weighted by Gasteiger charge is 2.24. The maximum Gasteiger partial charge on any atom is 0.262 e. The van der Waals surface area contributed by atoms with Crippen molar-refractivity contribution in [3.8, 4) is 0 Å². The van der Waals surface area contributed by atoms with E-state index in [1.54, 1.807) is 12.1 Å². The van der Waals surface area contributed by atoms with Crippen molar-refractivity contribution < 1.29 is 13.2 Å². The zero-order valence-electron chi connectivity index (χ0n) is 12.0. The fourth-order valence-corrected chi connectivity index (χ4v) is 3.91. The molecule has 116 valence electrons. The van der Waals surface area contributed by atoms with Crippen LogP contribution in [0.5, 0.6) is 0 Å². The quantitative estimate of drug-likeness (QED) is 0.862. The third-order valence-corrected chi connectivity index (χ3v) is 5.53. The standard InChI is InChI=1S/C15H20ClNO3S/c1-2-11-7-9-12(10-8-11)17-15(18)13-5-3-4-6-14(13)21(16,19)20/h3-6,11-12H,2,7-10H2,1H3,(H,17,18). The number of hydrogen-bond donors (Lipinski definition) is 1. The lowest BCUT2D eigenvalue weighted by Crippen LogP contribution is -2.38. The number of halogens is 1. The van der Waals surface area contributed by atoms with E-state index in [1.165, 1.54) is 18.6 Å². The van der Waals surface area contributed by atoms with E-state index in [2.05, 4.69) is 12.2 Å². The minimum atomic E-state index is -3.92. The zero-order chi connectivity index (χ0) is 15.5. The van der Waals surface area contributed by atoms with Gasteiger partial charge in [-0.3, -0.25) is 4.79 Å². The Morgan fingerprint density at radius 1 is 1.24 bits per heavy atom. The summed E-state index contributed by atoms with van der Waals surface area (Å²) in [5.41, 5.74) is 0.116. The lowest BCUT2D eigenvalue weighted by molar-refractivity contribution is 0.0918. The van der Waals surface area contributed by atoms with Gasteiger partial charge in [0.05, 0.1) is 10.5 Å².